The first kappa shape index (κ1) is 123. The third-order valence-corrected chi connectivity index (χ3v) is 19.3. The number of aliphatic hydroxyl groups excluding tert-OH is 2. The maximum Gasteiger partial charge on any atom is 0.333 e. The minimum absolute atomic E-state index is 0.0135. The summed E-state index contributed by atoms with van der Waals surface area (Å²) in [6.45, 7) is 63.8. The zero-order valence-corrected chi connectivity index (χ0v) is 77.4. The number of nitrogens with zero attached hydrogens (tertiary/aromatic N) is 4. The van der Waals surface area contributed by atoms with E-state index in [0.717, 1.165) is 83.5 Å². The summed E-state index contributed by atoms with van der Waals surface area (Å²) in [5, 5.41) is 59.9. The molecule has 0 aromatic rings. The fourth-order valence-electron chi connectivity index (χ4n) is 7.37. The quantitative estimate of drug-likeness (QED) is 0.00944. The fourth-order valence-corrected chi connectivity index (χ4v) is 7.37. The minimum Gasteiger partial charge on any atom is -0.465 e. The highest BCUT2D eigenvalue weighted by Crippen LogP contribution is 2.29. The van der Waals surface area contributed by atoms with Crippen LogP contribution in [0.2, 0.25) is 0 Å². The van der Waals surface area contributed by atoms with Crippen LogP contribution in [0.3, 0.4) is 0 Å². The van der Waals surface area contributed by atoms with Crippen molar-refractivity contribution in [3.8, 4) is 24.3 Å². The van der Waals surface area contributed by atoms with E-state index in [9.17, 15) is 57.8 Å². The molecule has 0 bridgehead atoms. The minimum atomic E-state index is -0.864. The lowest BCUT2D eigenvalue weighted by Gasteiger charge is -2.32. The van der Waals surface area contributed by atoms with Gasteiger partial charge in [-0.2, -0.15) is 21.0 Å². The van der Waals surface area contributed by atoms with Crippen LogP contribution < -0.4 is 16.0 Å². The molecule has 29 heteroatoms. The SMILES string of the molecule is C=C(C)C(=O)NCCNC(=O)C(C)(C)CC.C=C(C)C(=O)NCCOC(=O)C(C)(C)CC.C=C(C)C(=O)OCC1CCC(OC(=O)C(C)CC)C(O)C1.C=CC(O)OCCCCCCOC(=O)C(C)(C)CC.CCC(C)(C)C(=O)OCCC#N.CCC(C)(C)C(=O)OCCC#N.CCC(C)(C)C(=O)OCCC#N.CCC(C)C(=O)OCCC#N. The number of nitrogens with one attached hydrogen (secondary N) is 3. The molecule has 3 amide bonds. The van der Waals surface area contributed by atoms with Crippen LogP contribution >= 0.6 is 0 Å². The number of hydrogen-bond donors (Lipinski definition) is 5. The maximum atomic E-state index is 11.7. The van der Waals surface area contributed by atoms with Crippen molar-refractivity contribution in [3.05, 3.63) is 49.1 Å². The average Bonchev–Trinajstić information content (AvgIpc) is 0.868. The summed E-state index contributed by atoms with van der Waals surface area (Å²) in [6, 6.07) is 7.65. The zero-order valence-electron chi connectivity index (χ0n) is 77.4. The lowest BCUT2D eigenvalue weighted by atomic mass is 9.85. The van der Waals surface area contributed by atoms with Crippen molar-refractivity contribution in [3.63, 3.8) is 0 Å². The molecular formula is C90H155N7O22. The molecule has 0 spiro atoms. The van der Waals surface area contributed by atoms with Crippen LogP contribution in [0, 0.1) is 95.6 Å². The van der Waals surface area contributed by atoms with E-state index >= 15 is 0 Å². The van der Waals surface area contributed by atoms with E-state index < -0.39 is 46.1 Å². The van der Waals surface area contributed by atoms with Gasteiger partial charge in [0.1, 0.15) is 39.1 Å². The molecular weight excluding hydrogens is 1530 g/mol. The summed E-state index contributed by atoms with van der Waals surface area (Å²) in [4.78, 5) is 125. The molecule has 6 atom stereocenters. The Bertz CT molecular complexity index is 3020. The van der Waals surface area contributed by atoms with Crippen molar-refractivity contribution in [2.45, 2.75) is 314 Å². The summed E-state index contributed by atoms with van der Waals surface area (Å²) in [6.07, 6.45) is 12.1. The van der Waals surface area contributed by atoms with Gasteiger partial charge in [-0.25, -0.2) is 4.79 Å². The Morgan fingerprint density at radius 3 is 1.09 bits per heavy atom. The van der Waals surface area contributed by atoms with E-state index in [4.69, 9.17) is 68.8 Å². The number of ether oxygens (including phenoxy) is 9. The topological polar surface area (TPSA) is 443 Å². The number of unbranched alkanes of at least 4 members (excludes halogenated alkanes) is 3. The van der Waals surface area contributed by atoms with Gasteiger partial charge in [0.15, 0.2) is 6.29 Å². The Hall–Kier alpha value is -9.03. The monoisotopic (exact) mass is 1690 g/mol. The van der Waals surface area contributed by atoms with E-state index in [1.165, 1.54) is 6.08 Å². The maximum absolute atomic E-state index is 11.7. The highest BCUT2D eigenvalue weighted by Gasteiger charge is 2.35. The third kappa shape index (κ3) is 65.5. The first-order valence-electron chi connectivity index (χ1n) is 41.5. The number of carbonyl (C=O) groups excluding carboxylic acids is 11. The van der Waals surface area contributed by atoms with Crippen molar-refractivity contribution >= 4 is 65.5 Å². The van der Waals surface area contributed by atoms with Gasteiger partial charge in [0.2, 0.25) is 17.7 Å². The summed E-state index contributed by atoms with van der Waals surface area (Å²) in [5.41, 5.74) is -1.17. The van der Waals surface area contributed by atoms with Crippen LogP contribution in [0.25, 0.3) is 0 Å². The first-order valence-corrected chi connectivity index (χ1v) is 41.5. The first-order chi connectivity index (χ1) is 55.2. The van der Waals surface area contributed by atoms with Crippen LogP contribution in [-0.4, -0.2) is 167 Å². The molecule has 0 aliphatic heterocycles. The molecule has 0 aromatic carbocycles. The Morgan fingerprint density at radius 2 is 0.765 bits per heavy atom. The number of aliphatic hydroxyl groups is 2. The van der Waals surface area contributed by atoms with Crippen molar-refractivity contribution in [2.75, 3.05) is 72.5 Å². The highest BCUT2D eigenvalue weighted by molar-refractivity contribution is 5.92. The molecule has 0 radical (unpaired) electrons. The van der Waals surface area contributed by atoms with Crippen molar-refractivity contribution < 1.29 is 106 Å². The van der Waals surface area contributed by atoms with Gasteiger partial charge in [-0.3, -0.25) is 47.9 Å². The molecule has 1 saturated carbocycles. The lowest BCUT2D eigenvalue weighted by molar-refractivity contribution is -0.164. The summed E-state index contributed by atoms with van der Waals surface area (Å²) in [7, 11) is 0. The van der Waals surface area contributed by atoms with Crippen molar-refractivity contribution in [1.82, 2.24) is 16.0 Å². The van der Waals surface area contributed by atoms with Gasteiger partial charge in [0.05, 0.1) is 121 Å². The number of rotatable bonds is 45. The molecule has 1 aliphatic carbocycles. The Balaban J connectivity index is -0.000000243. The van der Waals surface area contributed by atoms with Crippen LogP contribution in [0.5, 0.6) is 0 Å². The number of nitriles is 4. The molecule has 0 saturated heterocycles. The third-order valence-electron chi connectivity index (χ3n) is 19.3. The van der Waals surface area contributed by atoms with Gasteiger partial charge < -0.3 is 68.8 Å². The van der Waals surface area contributed by atoms with Crippen LogP contribution in [0.1, 0.15) is 295 Å². The Morgan fingerprint density at radius 1 is 0.437 bits per heavy atom. The highest BCUT2D eigenvalue weighted by atomic mass is 16.6. The molecule has 1 rings (SSSR count). The Kier molecular flexibility index (Phi) is 73.3. The number of carbonyl (C=O) groups is 11. The zero-order chi connectivity index (χ0) is 93.8. The van der Waals surface area contributed by atoms with Crippen molar-refractivity contribution in [1.29, 1.82) is 21.0 Å². The van der Waals surface area contributed by atoms with Crippen LogP contribution in [-0.2, 0) is 95.4 Å². The second kappa shape index (κ2) is 70.8. The smallest absolute Gasteiger partial charge is 0.333 e. The van der Waals surface area contributed by atoms with E-state index in [2.05, 4.69) is 42.3 Å². The van der Waals surface area contributed by atoms with Gasteiger partial charge >= 0.3 is 47.8 Å². The number of amides is 3. The molecule has 119 heavy (non-hydrogen) atoms. The van der Waals surface area contributed by atoms with Crippen LogP contribution in [0.4, 0.5) is 0 Å². The fraction of sp³-hybridized carbons (Fsp3) is 0.744. The lowest BCUT2D eigenvalue weighted by Crippen LogP contribution is -2.40. The van der Waals surface area contributed by atoms with Gasteiger partial charge in [-0.1, -0.05) is 116 Å². The molecule has 0 aromatic heterocycles. The second-order valence-electron chi connectivity index (χ2n) is 32.4. The normalized spacial score (nSPS) is 14.0. The summed E-state index contributed by atoms with van der Waals surface area (Å²) >= 11 is 0. The summed E-state index contributed by atoms with van der Waals surface area (Å²) in [5.74, 6) is -2.37. The van der Waals surface area contributed by atoms with Crippen molar-refractivity contribution in [2.24, 2.45) is 50.2 Å². The standard InChI is InChI=1S/C16H26O5.C15H28O4.C12H22N2O2.C12H21NO3.3C9H15NO2.C8H13NO2/c1-5-11(4)16(19)21-14-7-6-12(8-13(14)17)9-20-15(18)10(2)3;1-5-13(16)18-11-9-7-8-10-12-19-14(17)15(3,4)6-2;1-6-12(4,5)11(16)14-8-7-13-10(15)9(2)3;1-6-12(4,5)11(15)16-8-7-13-10(14)9(2)3;3*1-4-9(2,3)8(11)12-7-5-6-10;1-3-7(2)8(10)11-6-4-5-9/h11-14,17H,2,5-9H2,1,3-4H3;5,13,16H,1,6-12H2,2-4H3;2,6-8H2,1,3-5H3,(H,13,15)(H,14,16);2,6-8H2,1,3-5H3,(H,13,14);3*4-5,7H2,1-3H3;7H,3-4,6H2,1-2H3. The predicted octanol–water partition coefficient (Wildman–Crippen LogP) is 15.3. The van der Waals surface area contributed by atoms with E-state index in [-0.39, 0.29) is 153 Å². The molecule has 6 unspecified atom stereocenters. The van der Waals surface area contributed by atoms with E-state index in [1.807, 2.05) is 177 Å². The molecule has 1 aliphatic rings. The molecule has 682 valence electrons. The second-order valence-corrected chi connectivity index (χ2v) is 32.4. The van der Waals surface area contributed by atoms with Gasteiger partial charge in [-0.05, 0) is 192 Å². The average molecular weight is 1690 g/mol. The molecule has 0 heterocycles. The number of esters is 8. The largest absolute Gasteiger partial charge is 0.465 e. The Labute approximate surface area is 714 Å². The molecule has 1 fully saturated rings. The summed E-state index contributed by atoms with van der Waals surface area (Å²) < 4.78 is 45.2. The van der Waals surface area contributed by atoms with Gasteiger partial charge in [0.25, 0.3) is 0 Å². The van der Waals surface area contributed by atoms with E-state index in [1.54, 1.807) is 20.8 Å². The van der Waals surface area contributed by atoms with Crippen LogP contribution in [0.15, 0.2) is 49.1 Å². The molecule has 5 N–H and O–H groups in total. The van der Waals surface area contributed by atoms with E-state index in [0.29, 0.717) is 62.4 Å². The van der Waals surface area contributed by atoms with Gasteiger partial charge in [0, 0.05) is 35.2 Å². The number of hydrogen-bond acceptors (Lipinski definition) is 26. The predicted molar refractivity (Wildman–Crippen MR) is 458 cm³/mol. The molecule has 29 nitrogen and oxygen atoms in total. The van der Waals surface area contributed by atoms with Gasteiger partial charge in [-0.15, -0.1) is 0 Å².